The molecule has 4 aromatic rings. The third kappa shape index (κ3) is 5.93. The van der Waals surface area contributed by atoms with Crippen LogP contribution in [0.1, 0.15) is 11.1 Å². The quantitative estimate of drug-likeness (QED) is 0.273. The van der Waals surface area contributed by atoms with Gasteiger partial charge in [-0.3, -0.25) is 0 Å². The van der Waals surface area contributed by atoms with Crippen LogP contribution in [0.3, 0.4) is 0 Å². The van der Waals surface area contributed by atoms with Crippen LogP contribution >= 0.6 is 0 Å². The van der Waals surface area contributed by atoms with Gasteiger partial charge in [0.25, 0.3) is 0 Å². The number of hydrogen-bond acceptors (Lipinski definition) is 0. The molecule has 1 aliphatic rings. The van der Waals surface area contributed by atoms with E-state index in [1.54, 1.807) is 0 Å². The van der Waals surface area contributed by atoms with E-state index in [9.17, 15) is 0 Å². The first-order valence-electron chi connectivity index (χ1n) is 8.35. The van der Waals surface area contributed by atoms with Crippen molar-refractivity contribution >= 4 is 0 Å². The Bertz CT molecular complexity index is 742. The van der Waals surface area contributed by atoms with Gasteiger partial charge in [0, 0.05) is 0 Å². The monoisotopic (exact) mass is 409 g/mol. The van der Waals surface area contributed by atoms with Crippen LogP contribution in [0.4, 0.5) is 0 Å². The maximum Gasteiger partial charge on any atom is 3.00 e. The zero-order valence-electron chi connectivity index (χ0n) is 14.5. The molecule has 0 aliphatic heterocycles. The Morgan fingerprint density at radius 2 is 1.12 bits per heavy atom. The maximum atomic E-state index is 3.30. The van der Waals surface area contributed by atoms with Gasteiger partial charge in [0.15, 0.2) is 0 Å². The van der Waals surface area contributed by atoms with Gasteiger partial charge in [-0.25, -0.2) is 0 Å². The van der Waals surface area contributed by atoms with Crippen LogP contribution in [-0.4, -0.2) is 0 Å². The molecule has 5 rings (SSSR count). The van der Waals surface area contributed by atoms with Gasteiger partial charge in [-0.2, -0.15) is 103 Å². The molecular weight excluding hydrogens is 391 g/mol. The van der Waals surface area contributed by atoms with Crippen LogP contribution in [0.25, 0.3) is 11.1 Å². The zero-order chi connectivity index (χ0) is 17.2. The SMILES string of the molecule is [Zr+3].[c-]1cccc2c1Cc1ccccc1-2.[c-]1ccccc1.[c-]1ccccc1. The van der Waals surface area contributed by atoms with Crippen LogP contribution in [0.15, 0.2) is 103 Å². The van der Waals surface area contributed by atoms with E-state index < -0.39 is 0 Å². The minimum Gasteiger partial charge on any atom is -0.184 e. The Hall–Kier alpha value is -2.24. The molecule has 0 heterocycles. The first kappa shape index (κ1) is 20.1. The number of fused-ring (bicyclic) bond motifs is 3. The van der Waals surface area contributed by atoms with Gasteiger partial charge in [-0.05, 0) is 6.42 Å². The van der Waals surface area contributed by atoms with Crippen LogP contribution in [0, 0.1) is 18.2 Å². The van der Waals surface area contributed by atoms with E-state index in [2.05, 4.69) is 54.6 Å². The van der Waals surface area contributed by atoms with Gasteiger partial charge < -0.3 is 0 Å². The molecule has 0 atom stereocenters. The third-order valence-corrected chi connectivity index (χ3v) is 3.83. The van der Waals surface area contributed by atoms with Gasteiger partial charge in [0.1, 0.15) is 0 Å². The van der Waals surface area contributed by atoms with Crippen LogP contribution in [0.5, 0.6) is 0 Å². The van der Waals surface area contributed by atoms with Crippen molar-refractivity contribution in [2.45, 2.75) is 6.42 Å². The van der Waals surface area contributed by atoms with E-state index in [1.807, 2.05) is 66.7 Å². The molecule has 0 saturated carbocycles. The average Bonchev–Trinajstić information content (AvgIpc) is 3.10. The minimum atomic E-state index is 0. The maximum absolute atomic E-state index is 3.30. The summed E-state index contributed by atoms with van der Waals surface area (Å²) in [7, 11) is 0. The predicted molar refractivity (Wildman–Crippen MR) is 104 cm³/mol. The summed E-state index contributed by atoms with van der Waals surface area (Å²) >= 11 is 0. The van der Waals surface area contributed by atoms with Crippen molar-refractivity contribution in [3.8, 4) is 11.1 Å². The fourth-order valence-corrected chi connectivity index (χ4v) is 2.68. The van der Waals surface area contributed by atoms with Crippen molar-refractivity contribution in [1.29, 1.82) is 0 Å². The topological polar surface area (TPSA) is 0 Å². The molecule has 26 heavy (non-hydrogen) atoms. The molecule has 4 aromatic carbocycles. The van der Waals surface area contributed by atoms with Crippen molar-refractivity contribution in [3.63, 3.8) is 0 Å². The summed E-state index contributed by atoms with van der Waals surface area (Å²) in [6.45, 7) is 0. The van der Waals surface area contributed by atoms with E-state index in [1.165, 1.54) is 22.3 Å². The fourth-order valence-electron chi connectivity index (χ4n) is 2.68. The zero-order valence-corrected chi connectivity index (χ0v) is 17.0. The Kier molecular flexibility index (Phi) is 8.80. The van der Waals surface area contributed by atoms with Crippen LogP contribution in [-0.2, 0) is 32.6 Å². The second-order valence-corrected chi connectivity index (χ2v) is 5.55. The molecule has 0 spiro atoms. The van der Waals surface area contributed by atoms with Crippen molar-refractivity contribution in [2.24, 2.45) is 0 Å². The second-order valence-electron chi connectivity index (χ2n) is 5.55. The van der Waals surface area contributed by atoms with Crippen molar-refractivity contribution in [3.05, 3.63) is 132 Å². The van der Waals surface area contributed by atoms with E-state index in [-0.39, 0.29) is 26.2 Å². The Morgan fingerprint density at radius 3 is 1.65 bits per heavy atom. The molecular formula is C25H19Zr. The van der Waals surface area contributed by atoms with Gasteiger partial charge in [0.05, 0.1) is 0 Å². The molecule has 0 unspecified atom stereocenters. The van der Waals surface area contributed by atoms with Gasteiger partial charge in [-0.1, -0.05) is 35.4 Å². The molecule has 0 N–H and O–H groups in total. The summed E-state index contributed by atoms with van der Waals surface area (Å²) in [5.41, 5.74) is 5.51. The van der Waals surface area contributed by atoms with Crippen molar-refractivity contribution in [2.75, 3.05) is 0 Å². The molecule has 1 heteroatoms. The molecule has 1 aliphatic carbocycles. The first-order chi connectivity index (χ1) is 12.4. The first-order valence-corrected chi connectivity index (χ1v) is 8.35. The Morgan fingerprint density at radius 1 is 0.538 bits per heavy atom. The second kappa shape index (κ2) is 11.4. The van der Waals surface area contributed by atoms with Crippen LogP contribution < -0.4 is 0 Å². The normalized spacial score (nSPS) is 9.85. The summed E-state index contributed by atoms with van der Waals surface area (Å²) in [6.07, 6.45) is 1.05. The molecule has 0 nitrogen and oxygen atoms in total. The molecule has 0 fully saturated rings. The van der Waals surface area contributed by atoms with Gasteiger partial charge in [0.2, 0.25) is 0 Å². The fraction of sp³-hybridized carbons (Fsp3) is 0.0400. The minimum absolute atomic E-state index is 0. The summed E-state index contributed by atoms with van der Waals surface area (Å²) in [5.74, 6) is 0. The predicted octanol–water partition coefficient (Wildman–Crippen LogP) is 6.03. The van der Waals surface area contributed by atoms with E-state index in [0.717, 1.165) is 6.42 Å². The van der Waals surface area contributed by atoms with E-state index in [4.69, 9.17) is 0 Å². The number of benzene rings is 4. The van der Waals surface area contributed by atoms with Gasteiger partial charge >= 0.3 is 26.2 Å². The molecule has 123 valence electrons. The third-order valence-electron chi connectivity index (χ3n) is 3.83. The average molecular weight is 411 g/mol. The van der Waals surface area contributed by atoms with E-state index >= 15 is 0 Å². The number of hydrogen-bond donors (Lipinski definition) is 0. The Balaban J connectivity index is 0.000000158. The molecule has 1 radical (unpaired) electrons. The summed E-state index contributed by atoms with van der Waals surface area (Å²) < 4.78 is 0. The smallest absolute Gasteiger partial charge is 0.184 e. The molecule has 0 aromatic heterocycles. The summed E-state index contributed by atoms with van der Waals surface area (Å²) in [4.78, 5) is 0. The molecule has 0 bridgehead atoms. The number of rotatable bonds is 0. The van der Waals surface area contributed by atoms with E-state index in [0.29, 0.717) is 0 Å². The standard InChI is InChI=1S/C13H9.2C6H5.Zr/c1-3-7-12-10(5-1)9-11-6-2-4-8-13(11)12;2*1-2-4-6-5-3-1;/h1-5,7-8H,9H2;2*1-5H;/q3*-1;+3. The largest absolute Gasteiger partial charge is 3.00 e. The molecule has 0 saturated heterocycles. The molecule has 0 amide bonds. The van der Waals surface area contributed by atoms with Crippen molar-refractivity contribution < 1.29 is 26.2 Å². The summed E-state index contributed by atoms with van der Waals surface area (Å²) in [6, 6.07) is 43.1. The Labute approximate surface area is 175 Å². The summed E-state index contributed by atoms with van der Waals surface area (Å²) in [5, 5.41) is 0. The van der Waals surface area contributed by atoms with Crippen molar-refractivity contribution in [1.82, 2.24) is 0 Å². The van der Waals surface area contributed by atoms with Crippen LogP contribution in [0.2, 0.25) is 0 Å². The van der Waals surface area contributed by atoms with Gasteiger partial charge in [-0.15, -0.1) is 5.56 Å².